The number of carbonyl (C=O) groups excluding carboxylic acids is 2. The average Bonchev–Trinajstić information content (AvgIpc) is 3.48. The van der Waals surface area contributed by atoms with Gasteiger partial charge in [-0.15, -0.1) is 0 Å². The van der Waals surface area contributed by atoms with E-state index < -0.39 is 6.10 Å². The molecule has 2 N–H and O–H groups in total. The van der Waals surface area contributed by atoms with E-state index in [1.807, 2.05) is 24.3 Å². The number of anilines is 2. The first-order valence-corrected chi connectivity index (χ1v) is 9.71. The van der Waals surface area contributed by atoms with Crippen molar-refractivity contribution in [1.82, 2.24) is 0 Å². The van der Waals surface area contributed by atoms with E-state index in [2.05, 4.69) is 31.4 Å². The highest BCUT2D eigenvalue weighted by Crippen LogP contribution is 2.30. The molecule has 0 spiro atoms. The summed E-state index contributed by atoms with van der Waals surface area (Å²) in [4.78, 5) is 24.2. The molecule has 1 aliphatic rings. The van der Waals surface area contributed by atoms with E-state index in [9.17, 15) is 9.59 Å². The normalized spacial score (nSPS) is 14.9. The number of benzene rings is 2. The number of hydrogen-bond donors (Lipinski definition) is 2. The van der Waals surface area contributed by atoms with Gasteiger partial charge in [0, 0.05) is 17.3 Å². The molecule has 5 nitrogen and oxygen atoms in total. The zero-order valence-corrected chi connectivity index (χ0v) is 16.9. The second kappa shape index (κ2) is 8.05. The van der Waals surface area contributed by atoms with Crippen LogP contribution in [-0.2, 0) is 15.0 Å². The number of ether oxygens (including phenoxy) is 1. The Labute approximate surface area is 166 Å². The molecule has 1 atom stereocenters. The van der Waals surface area contributed by atoms with Crippen LogP contribution in [-0.4, -0.2) is 17.9 Å². The predicted molar refractivity (Wildman–Crippen MR) is 112 cm³/mol. The van der Waals surface area contributed by atoms with Gasteiger partial charge < -0.3 is 15.4 Å². The number of hydrogen-bond acceptors (Lipinski definition) is 3. The van der Waals surface area contributed by atoms with Gasteiger partial charge in [0.1, 0.15) is 5.75 Å². The van der Waals surface area contributed by atoms with Crippen LogP contribution in [0.3, 0.4) is 0 Å². The second-order valence-electron chi connectivity index (χ2n) is 8.36. The van der Waals surface area contributed by atoms with E-state index in [-0.39, 0.29) is 23.1 Å². The Balaban J connectivity index is 1.52. The summed E-state index contributed by atoms with van der Waals surface area (Å²) in [5.41, 5.74) is 2.68. The highest BCUT2D eigenvalue weighted by molar-refractivity contribution is 5.96. The zero-order valence-electron chi connectivity index (χ0n) is 16.9. The fraction of sp³-hybridized carbons (Fsp3) is 0.391. The lowest BCUT2D eigenvalue weighted by Crippen LogP contribution is -2.30. The molecule has 3 rings (SSSR count). The van der Waals surface area contributed by atoms with Crippen molar-refractivity contribution in [2.75, 3.05) is 10.6 Å². The highest BCUT2D eigenvalue weighted by Gasteiger charge is 2.29. The van der Waals surface area contributed by atoms with Crippen LogP contribution in [0.25, 0.3) is 0 Å². The third-order valence-corrected chi connectivity index (χ3v) is 4.77. The van der Waals surface area contributed by atoms with Gasteiger partial charge in [-0.1, -0.05) is 32.9 Å². The first-order chi connectivity index (χ1) is 13.2. The van der Waals surface area contributed by atoms with Crippen LogP contribution in [0.15, 0.2) is 48.5 Å². The minimum absolute atomic E-state index is 0.0660. The van der Waals surface area contributed by atoms with Crippen LogP contribution in [0, 0.1) is 5.92 Å². The molecular weight excluding hydrogens is 352 g/mol. The lowest BCUT2D eigenvalue weighted by atomic mass is 9.87. The summed E-state index contributed by atoms with van der Waals surface area (Å²) in [6.07, 6.45) is 1.31. The third-order valence-electron chi connectivity index (χ3n) is 4.77. The molecule has 28 heavy (non-hydrogen) atoms. The fourth-order valence-corrected chi connectivity index (χ4v) is 2.76. The van der Waals surface area contributed by atoms with Gasteiger partial charge in [0.05, 0.1) is 0 Å². The van der Waals surface area contributed by atoms with Crippen LogP contribution in [0.1, 0.15) is 46.1 Å². The molecule has 1 aliphatic carbocycles. The summed E-state index contributed by atoms with van der Waals surface area (Å²) in [5.74, 6) is 0.662. The zero-order chi connectivity index (χ0) is 20.3. The Morgan fingerprint density at radius 3 is 1.96 bits per heavy atom. The van der Waals surface area contributed by atoms with Gasteiger partial charge in [-0.3, -0.25) is 9.59 Å². The van der Waals surface area contributed by atoms with Crippen molar-refractivity contribution in [1.29, 1.82) is 0 Å². The largest absolute Gasteiger partial charge is 0.481 e. The van der Waals surface area contributed by atoms with Crippen LogP contribution in [0.4, 0.5) is 11.4 Å². The van der Waals surface area contributed by atoms with Gasteiger partial charge in [-0.2, -0.15) is 0 Å². The lowest BCUT2D eigenvalue weighted by Gasteiger charge is -2.20. The minimum atomic E-state index is -0.630. The molecule has 2 aromatic rings. The molecule has 0 heterocycles. The molecule has 0 bridgehead atoms. The molecule has 0 aromatic heterocycles. The smallest absolute Gasteiger partial charge is 0.265 e. The Kier molecular flexibility index (Phi) is 5.73. The van der Waals surface area contributed by atoms with Gasteiger partial charge in [0.15, 0.2) is 6.10 Å². The minimum Gasteiger partial charge on any atom is -0.481 e. The molecule has 0 saturated heterocycles. The number of rotatable bonds is 6. The van der Waals surface area contributed by atoms with Crippen LogP contribution in [0.2, 0.25) is 0 Å². The van der Waals surface area contributed by atoms with Gasteiger partial charge in [-0.25, -0.2) is 0 Å². The van der Waals surface area contributed by atoms with Gasteiger partial charge >= 0.3 is 0 Å². The van der Waals surface area contributed by atoms with Crippen LogP contribution >= 0.6 is 0 Å². The van der Waals surface area contributed by atoms with E-state index in [1.165, 1.54) is 5.56 Å². The second-order valence-corrected chi connectivity index (χ2v) is 8.36. The summed E-state index contributed by atoms with van der Waals surface area (Å²) in [7, 11) is 0. The molecular formula is C23H28N2O3. The summed E-state index contributed by atoms with van der Waals surface area (Å²) in [5, 5.41) is 5.72. The van der Waals surface area contributed by atoms with Crippen molar-refractivity contribution in [2.24, 2.45) is 5.92 Å². The maximum absolute atomic E-state index is 12.4. The molecule has 0 unspecified atom stereocenters. The first-order valence-electron chi connectivity index (χ1n) is 9.71. The molecule has 1 fully saturated rings. The van der Waals surface area contributed by atoms with Crippen molar-refractivity contribution in [3.63, 3.8) is 0 Å². The highest BCUT2D eigenvalue weighted by atomic mass is 16.5. The Morgan fingerprint density at radius 2 is 1.46 bits per heavy atom. The maximum atomic E-state index is 12.4. The lowest BCUT2D eigenvalue weighted by molar-refractivity contribution is -0.122. The first kappa shape index (κ1) is 19.9. The monoisotopic (exact) mass is 380 g/mol. The number of nitrogens with one attached hydrogen (secondary N) is 2. The topological polar surface area (TPSA) is 67.4 Å². The fourth-order valence-electron chi connectivity index (χ4n) is 2.76. The van der Waals surface area contributed by atoms with E-state index in [4.69, 9.17) is 4.74 Å². The Morgan fingerprint density at radius 1 is 0.929 bits per heavy atom. The standard InChI is InChI=1S/C23H28N2O3/c1-15(28-20-13-7-17(8-14-20)23(2,3)4)21(26)24-18-9-11-19(12-10-18)25-22(27)16-5-6-16/h7-16H,5-6H2,1-4H3,(H,24,26)(H,25,27)/t15-/m0/s1. The number of carbonyl (C=O) groups is 2. The predicted octanol–water partition coefficient (Wildman–Crippen LogP) is 4.74. The summed E-state index contributed by atoms with van der Waals surface area (Å²) >= 11 is 0. The molecule has 0 aliphatic heterocycles. The molecule has 2 amide bonds. The molecule has 2 aromatic carbocycles. The van der Waals surface area contributed by atoms with Crippen molar-refractivity contribution in [3.8, 4) is 5.75 Å². The van der Waals surface area contributed by atoms with Gasteiger partial charge in [0.2, 0.25) is 5.91 Å². The molecule has 148 valence electrons. The van der Waals surface area contributed by atoms with Gasteiger partial charge in [-0.05, 0) is 67.1 Å². The summed E-state index contributed by atoms with van der Waals surface area (Å²) < 4.78 is 5.76. The van der Waals surface area contributed by atoms with E-state index in [1.54, 1.807) is 31.2 Å². The van der Waals surface area contributed by atoms with Crippen molar-refractivity contribution in [3.05, 3.63) is 54.1 Å². The van der Waals surface area contributed by atoms with Crippen molar-refractivity contribution in [2.45, 2.75) is 52.1 Å². The van der Waals surface area contributed by atoms with Crippen molar-refractivity contribution >= 4 is 23.2 Å². The number of amides is 2. The van der Waals surface area contributed by atoms with Crippen molar-refractivity contribution < 1.29 is 14.3 Å². The van der Waals surface area contributed by atoms with E-state index in [0.717, 1.165) is 18.5 Å². The molecule has 0 radical (unpaired) electrons. The van der Waals surface area contributed by atoms with Gasteiger partial charge in [0.25, 0.3) is 5.91 Å². The summed E-state index contributed by atoms with van der Waals surface area (Å²) in [6, 6.07) is 14.9. The maximum Gasteiger partial charge on any atom is 0.265 e. The van der Waals surface area contributed by atoms with E-state index in [0.29, 0.717) is 11.4 Å². The van der Waals surface area contributed by atoms with Crippen LogP contribution in [0.5, 0.6) is 5.75 Å². The SMILES string of the molecule is C[C@H](Oc1ccc(C(C)(C)C)cc1)C(=O)Nc1ccc(NC(=O)C2CC2)cc1. The molecule has 1 saturated carbocycles. The van der Waals surface area contributed by atoms with Crippen LogP contribution < -0.4 is 15.4 Å². The summed E-state index contributed by atoms with van der Waals surface area (Å²) in [6.45, 7) is 8.18. The quantitative estimate of drug-likeness (QED) is 0.761. The third kappa shape index (κ3) is 5.35. The Hall–Kier alpha value is -2.82. The average molecular weight is 380 g/mol. The molecule has 5 heteroatoms. The van der Waals surface area contributed by atoms with E-state index >= 15 is 0 Å². The Bertz CT molecular complexity index is 832.